The Labute approximate surface area is 127 Å². The van der Waals surface area contributed by atoms with Crippen molar-refractivity contribution in [3.05, 3.63) is 35.4 Å². The summed E-state index contributed by atoms with van der Waals surface area (Å²) in [6, 6.07) is 8.13. The third-order valence-electron chi connectivity index (χ3n) is 5.40. The minimum Gasteiger partial charge on any atom is -0.337 e. The molecule has 1 amide bonds. The minimum absolute atomic E-state index is 0.206. The number of carbonyl (C=O) groups excluding carboxylic acids is 1. The van der Waals surface area contributed by atoms with Crippen molar-refractivity contribution in [2.24, 2.45) is 0 Å². The molecule has 0 saturated carbocycles. The van der Waals surface area contributed by atoms with Gasteiger partial charge >= 0.3 is 0 Å². The molecule has 3 nitrogen and oxygen atoms in total. The van der Waals surface area contributed by atoms with Crippen LogP contribution in [0, 0.1) is 0 Å². The van der Waals surface area contributed by atoms with Gasteiger partial charge in [0, 0.05) is 24.2 Å². The van der Waals surface area contributed by atoms with Crippen LogP contribution >= 0.6 is 0 Å². The van der Waals surface area contributed by atoms with Gasteiger partial charge in [-0.3, -0.25) is 9.69 Å². The molecule has 2 fully saturated rings. The lowest BCUT2D eigenvalue weighted by atomic mass is 9.86. The second-order valence-electron chi connectivity index (χ2n) is 6.63. The lowest BCUT2D eigenvalue weighted by Crippen LogP contribution is -2.55. The third-order valence-corrected chi connectivity index (χ3v) is 5.40. The molecule has 21 heavy (non-hydrogen) atoms. The van der Waals surface area contributed by atoms with Crippen LogP contribution in [0.15, 0.2) is 24.3 Å². The standard InChI is InChI=1S/C18H26N2O/c1-3-15-6-8-16(9-7-15)17(21)20-13-5-11-18(14-20)10-4-12-19(18)2/h6-9H,3-5,10-14H2,1-2H3. The van der Waals surface area contributed by atoms with Gasteiger partial charge in [0.05, 0.1) is 0 Å². The molecular formula is C18H26N2O. The number of benzene rings is 1. The van der Waals surface area contributed by atoms with E-state index in [2.05, 4.69) is 35.9 Å². The summed E-state index contributed by atoms with van der Waals surface area (Å²) < 4.78 is 0. The van der Waals surface area contributed by atoms with E-state index in [-0.39, 0.29) is 11.4 Å². The summed E-state index contributed by atoms with van der Waals surface area (Å²) >= 11 is 0. The van der Waals surface area contributed by atoms with Crippen molar-refractivity contribution in [3.8, 4) is 0 Å². The zero-order valence-corrected chi connectivity index (χ0v) is 13.3. The monoisotopic (exact) mass is 286 g/mol. The minimum atomic E-state index is 0.206. The van der Waals surface area contributed by atoms with Crippen LogP contribution in [0.2, 0.25) is 0 Å². The fourth-order valence-electron chi connectivity index (χ4n) is 3.94. The first-order chi connectivity index (χ1) is 10.1. The first-order valence-corrected chi connectivity index (χ1v) is 8.24. The molecular weight excluding hydrogens is 260 g/mol. The Morgan fingerprint density at radius 1 is 1.14 bits per heavy atom. The second kappa shape index (κ2) is 5.80. The lowest BCUT2D eigenvalue weighted by molar-refractivity contribution is 0.0412. The highest BCUT2D eigenvalue weighted by Gasteiger charge is 2.43. The number of hydrogen-bond acceptors (Lipinski definition) is 2. The van der Waals surface area contributed by atoms with Crippen LogP contribution in [0.5, 0.6) is 0 Å². The van der Waals surface area contributed by atoms with Gasteiger partial charge in [-0.05, 0) is 63.4 Å². The summed E-state index contributed by atoms with van der Waals surface area (Å²) in [6.07, 6.45) is 5.89. The molecule has 0 aliphatic carbocycles. The molecule has 2 heterocycles. The highest BCUT2D eigenvalue weighted by Crippen LogP contribution is 2.36. The number of piperidine rings is 1. The first-order valence-electron chi connectivity index (χ1n) is 8.24. The molecule has 1 aromatic rings. The van der Waals surface area contributed by atoms with E-state index in [0.29, 0.717) is 0 Å². The molecule has 114 valence electrons. The van der Waals surface area contributed by atoms with Gasteiger partial charge in [-0.2, -0.15) is 0 Å². The van der Waals surface area contributed by atoms with E-state index in [1.165, 1.54) is 31.4 Å². The molecule has 2 aliphatic rings. The van der Waals surface area contributed by atoms with Gasteiger partial charge < -0.3 is 4.90 Å². The van der Waals surface area contributed by atoms with Gasteiger partial charge in [-0.15, -0.1) is 0 Å². The molecule has 1 atom stereocenters. The van der Waals surface area contributed by atoms with Crippen LogP contribution < -0.4 is 0 Å². The number of carbonyl (C=O) groups is 1. The van der Waals surface area contributed by atoms with E-state index in [0.717, 1.165) is 31.5 Å². The molecule has 0 aromatic heterocycles. The average molecular weight is 286 g/mol. The SMILES string of the molecule is CCc1ccc(C(=O)N2CCCC3(CCCN3C)C2)cc1. The maximum Gasteiger partial charge on any atom is 0.253 e. The Morgan fingerprint density at radius 3 is 2.43 bits per heavy atom. The molecule has 1 aromatic carbocycles. The maximum atomic E-state index is 12.8. The number of likely N-dealkylation sites (tertiary alicyclic amines) is 2. The molecule has 3 heteroatoms. The predicted octanol–water partition coefficient (Wildman–Crippen LogP) is 2.95. The van der Waals surface area contributed by atoms with Gasteiger partial charge in [0.1, 0.15) is 0 Å². The Bertz CT molecular complexity index is 510. The fourth-order valence-corrected chi connectivity index (χ4v) is 3.94. The summed E-state index contributed by atoms with van der Waals surface area (Å²) in [4.78, 5) is 17.3. The maximum absolute atomic E-state index is 12.8. The molecule has 2 saturated heterocycles. The van der Waals surface area contributed by atoms with E-state index in [1.807, 2.05) is 12.1 Å². The fraction of sp³-hybridized carbons (Fsp3) is 0.611. The Hall–Kier alpha value is -1.35. The van der Waals surface area contributed by atoms with Crippen LogP contribution in [-0.4, -0.2) is 47.9 Å². The zero-order valence-electron chi connectivity index (χ0n) is 13.3. The van der Waals surface area contributed by atoms with Gasteiger partial charge in [-0.25, -0.2) is 0 Å². The summed E-state index contributed by atoms with van der Waals surface area (Å²) in [5.74, 6) is 0.206. The summed E-state index contributed by atoms with van der Waals surface area (Å²) in [5, 5.41) is 0. The van der Waals surface area contributed by atoms with E-state index >= 15 is 0 Å². The molecule has 3 rings (SSSR count). The highest BCUT2D eigenvalue weighted by molar-refractivity contribution is 5.94. The Kier molecular flexibility index (Phi) is 4.03. The smallest absolute Gasteiger partial charge is 0.253 e. The van der Waals surface area contributed by atoms with Gasteiger partial charge in [0.2, 0.25) is 0 Å². The van der Waals surface area contributed by atoms with Crippen molar-refractivity contribution >= 4 is 5.91 Å². The number of likely N-dealkylation sites (N-methyl/N-ethyl adjacent to an activating group) is 1. The summed E-state index contributed by atoms with van der Waals surface area (Å²) in [7, 11) is 2.22. The van der Waals surface area contributed by atoms with Gasteiger partial charge in [-0.1, -0.05) is 19.1 Å². The van der Waals surface area contributed by atoms with Crippen molar-refractivity contribution in [2.45, 2.75) is 44.6 Å². The number of hydrogen-bond donors (Lipinski definition) is 0. The van der Waals surface area contributed by atoms with Crippen molar-refractivity contribution in [1.82, 2.24) is 9.80 Å². The predicted molar refractivity (Wildman–Crippen MR) is 85.6 cm³/mol. The number of rotatable bonds is 2. The van der Waals surface area contributed by atoms with Gasteiger partial charge in [0.25, 0.3) is 5.91 Å². The van der Waals surface area contributed by atoms with Crippen LogP contribution in [0.1, 0.15) is 48.5 Å². The Morgan fingerprint density at radius 2 is 1.81 bits per heavy atom. The van der Waals surface area contributed by atoms with Gasteiger partial charge in [0.15, 0.2) is 0 Å². The van der Waals surface area contributed by atoms with Crippen LogP contribution in [0.3, 0.4) is 0 Å². The van der Waals surface area contributed by atoms with Crippen molar-refractivity contribution < 1.29 is 4.79 Å². The highest BCUT2D eigenvalue weighted by atomic mass is 16.2. The molecule has 0 N–H and O–H groups in total. The summed E-state index contributed by atoms with van der Waals surface area (Å²) in [5.41, 5.74) is 2.37. The number of nitrogens with zero attached hydrogens (tertiary/aromatic N) is 2. The van der Waals surface area contributed by atoms with Crippen LogP contribution in [0.25, 0.3) is 0 Å². The molecule has 0 bridgehead atoms. The number of aryl methyl sites for hydroxylation is 1. The van der Waals surface area contributed by atoms with E-state index in [9.17, 15) is 4.79 Å². The molecule has 2 aliphatic heterocycles. The van der Waals surface area contributed by atoms with E-state index < -0.39 is 0 Å². The van der Waals surface area contributed by atoms with Crippen molar-refractivity contribution in [3.63, 3.8) is 0 Å². The van der Waals surface area contributed by atoms with Crippen molar-refractivity contribution in [1.29, 1.82) is 0 Å². The third kappa shape index (κ3) is 2.71. The zero-order chi connectivity index (χ0) is 14.9. The lowest BCUT2D eigenvalue weighted by Gasteiger charge is -2.44. The Balaban J connectivity index is 1.74. The number of amides is 1. The first kappa shape index (κ1) is 14.6. The van der Waals surface area contributed by atoms with E-state index in [1.54, 1.807) is 0 Å². The normalized spacial score (nSPS) is 26.5. The van der Waals surface area contributed by atoms with E-state index in [4.69, 9.17) is 0 Å². The van der Waals surface area contributed by atoms with Crippen LogP contribution in [0.4, 0.5) is 0 Å². The average Bonchev–Trinajstić information content (AvgIpc) is 2.87. The topological polar surface area (TPSA) is 23.6 Å². The summed E-state index contributed by atoms with van der Waals surface area (Å²) in [6.45, 7) is 5.12. The second-order valence-corrected chi connectivity index (χ2v) is 6.63. The van der Waals surface area contributed by atoms with Crippen LogP contribution in [-0.2, 0) is 6.42 Å². The quantitative estimate of drug-likeness (QED) is 0.834. The molecule has 1 unspecified atom stereocenters. The van der Waals surface area contributed by atoms with Crippen molar-refractivity contribution in [2.75, 3.05) is 26.7 Å². The largest absolute Gasteiger partial charge is 0.337 e. The molecule has 1 spiro atoms. The molecule has 0 radical (unpaired) electrons.